The van der Waals surface area contributed by atoms with Crippen molar-refractivity contribution in [1.29, 1.82) is 0 Å². The quantitative estimate of drug-likeness (QED) is 0.710. The van der Waals surface area contributed by atoms with Crippen LogP contribution < -0.4 is 0 Å². The largest absolute Gasteiger partial charge is 0.480 e. The van der Waals surface area contributed by atoms with Crippen molar-refractivity contribution in [2.45, 2.75) is 38.0 Å². The molecular formula is C10H17NO3S. The van der Waals surface area contributed by atoms with E-state index in [0.717, 1.165) is 6.42 Å². The van der Waals surface area contributed by atoms with Crippen LogP contribution in [0.5, 0.6) is 0 Å². The Kier molecular flexibility index (Phi) is 4.02. The smallest absolute Gasteiger partial charge is 0.326 e. The van der Waals surface area contributed by atoms with Gasteiger partial charge in [-0.15, -0.1) is 0 Å². The van der Waals surface area contributed by atoms with Crippen molar-refractivity contribution in [3.8, 4) is 0 Å². The molecule has 0 spiro atoms. The molecule has 3 atom stereocenters. The Hall–Kier alpha value is -0.710. The monoisotopic (exact) mass is 231 g/mol. The Labute approximate surface area is 95.1 Å². The summed E-state index contributed by atoms with van der Waals surface area (Å²) in [6.07, 6.45) is 1.10. The highest BCUT2D eigenvalue weighted by molar-refractivity contribution is 7.81. The maximum absolute atomic E-state index is 11.6. The standard InChI is InChI=1S/C10H17NO3S/c1-3-6(2)9(10(13)14)11-5-7(15)4-8(11)12/h6-7,9,15H,3-5H2,1-2H3,(H,13,14). The molecule has 1 amide bonds. The molecule has 0 radical (unpaired) electrons. The fourth-order valence-corrected chi connectivity index (χ4v) is 2.22. The fraction of sp³-hybridized carbons (Fsp3) is 0.800. The van der Waals surface area contributed by atoms with Crippen LogP contribution in [0.3, 0.4) is 0 Å². The van der Waals surface area contributed by atoms with E-state index >= 15 is 0 Å². The number of carboxylic acids is 1. The zero-order valence-electron chi connectivity index (χ0n) is 9.01. The highest BCUT2D eigenvalue weighted by Gasteiger charge is 2.38. The number of aliphatic carboxylic acids is 1. The lowest BCUT2D eigenvalue weighted by Gasteiger charge is -2.28. The molecule has 86 valence electrons. The van der Waals surface area contributed by atoms with Gasteiger partial charge in [0.15, 0.2) is 0 Å². The number of nitrogens with zero attached hydrogens (tertiary/aromatic N) is 1. The van der Waals surface area contributed by atoms with Gasteiger partial charge in [-0.3, -0.25) is 4.79 Å². The van der Waals surface area contributed by atoms with Crippen molar-refractivity contribution in [1.82, 2.24) is 4.90 Å². The van der Waals surface area contributed by atoms with Gasteiger partial charge in [-0.05, 0) is 5.92 Å². The first-order valence-electron chi connectivity index (χ1n) is 5.17. The Balaban J connectivity index is 2.81. The van der Waals surface area contributed by atoms with E-state index < -0.39 is 12.0 Å². The second-order valence-electron chi connectivity index (χ2n) is 4.07. The topological polar surface area (TPSA) is 57.6 Å². The van der Waals surface area contributed by atoms with Crippen molar-refractivity contribution >= 4 is 24.5 Å². The summed E-state index contributed by atoms with van der Waals surface area (Å²) in [4.78, 5) is 24.1. The normalized spacial score (nSPS) is 25.4. The fourth-order valence-electron chi connectivity index (χ4n) is 1.89. The van der Waals surface area contributed by atoms with Gasteiger partial charge in [0, 0.05) is 18.2 Å². The molecule has 0 aliphatic carbocycles. The molecule has 1 rings (SSSR count). The van der Waals surface area contributed by atoms with Crippen LogP contribution in [-0.4, -0.2) is 39.7 Å². The van der Waals surface area contributed by atoms with Gasteiger partial charge in [0.05, 0.1) is 0 Å². The molecule has 4 nitrogen and oxygen atoms in total. The zero-order chi connectivity index (χ0) is 11.6. The van der Waals surface area contributed by atoms with Gasteiger partial charge >= 0.3 is 5.97 Å². The van der Waals surface area contributed by atoms with Crippen molar-refractivity contribution < 1.29 is 14.7 Å². The highest BCUT2D eigenvalue weighted by atomic mass is 32.1. The summed E-state index contributed by atoms with van der Waals surface area (Å²) in [6.45, 7) is 4.24. The van der Waals surface area contributed by atoms with Crippen LogP contribution in [0.1, 0.15) is 26.7 Å². The number of likely N-dealkylation sites (tertiary alicyclic amines) is 1. The molecule has 1 aliphatic heterocycles. The van der Waals surface area contributed by atoms with E-state index in [1.165, 1.54) is 4.90 Å². The predicted molar refractivity (Wildman–Crippen MR) is 60.0 cm³/mol. The van der Waals surface area contributed by atoms with Crippen LogP contribution in [0.2, 0.25) is 0 Å². The van der Waals surface area contributed by atoms with E-state index in [1.807, 2.05) is 13.8 Å². The lowest BCUT2D eigenvalue weighted by molar-refractivity contribution is -0.150. The second-order valence-corrected chi connectivity index (χ2v) is 4.80. The van der Waals surface area contributed by atoms with E-state index in [9.17, 15) is 9.59 Å². The van der Waals surface area contributed by atoms with Gasteiger partial charge in [-0.2, -0.15) is 12.6 Å². The predicted octanol–water partition coefficient (Wildman–Crippen LogP) is 1.02. The van der Waals surface area contributed by atoms with Crippen molar-refractivity contribution in [2.24, 2.45) is 5.92 Å². The Bertz CT molecular complexity index is 269. The molecule has 1 aliphatic rings. The van der Waals surface area contributed by atoms with E-state index in [1.54, 1.807) is 0 Å². The molecule has 0 bridgehead atoms. The SMILES string of the molecule is CCC(C)C(C(=O)O)N1CC(S)CC1=O. The van der Waals surface area contributed by atoms with E-state index in [2.05, 4.69) is 12.6 Å². The third-order valence-corrected chi connectivity index (χ3v) is 3.26. The number of carbonyl (C=O) groups excluding carboxylic acids is 1. The lowest BCUT2D eigenvalue weighted by Crippen LogP contribution is -2.46. The number of amides is 1. The molecule has 3 unspecified atom stereocenters. The third-order valence-electron chi connectivity index (χ3n) is 2.91. The Morgan fingerprint density at radius 1 is 1.73 bits per heavy atom. The van der Waals surface area contributed by atoms with E-state index in [4.69, 9.17) is 5.11 Å². The summed E-state index contributed by atoms with van der Waals surface area (Å²) in [7, 11) is 0. The average molecular weight is 231 g/mol. The first-order valence-corrected chi connectivity index (χ1v) is 5.69. The van der Waals surface area contributed by atoms with Gasteiger partial charge in [0.2, 0.25) is 5.91 Å². The lowest BCUT2D eigenvalue weighted by atomic mass is 9.98. The summed E-state index contributed by atoms with van der Waals surface area (Å²) in [6, 6.07) is -0.695. The van der Waals surface area contributed by atoms with E-state index in [-0.39, 0.29) is 17.1 Å². The number of carbonyl (C=O) groups is 2. The zero-order valence-corrected chi connectivity index (χ0v) is 9.91. The minimum Gasteiger partial charge on any atom is -0.480 e. The minimum atomic E-state index is -0.917. The molecule has 1 N–H and O–H groups in total. The van der Waals surface area contributed by atoms with Crippen LogP contribution in [0.15, 0.2) is 0 Å². The molecule has 0 aromatic heterocycles. The molecule has 0 saturated carbocycles. The van der Waals surface area contributed by atoms with Gasteiger partial charge in [0.25, 0.3) is 0 Å². The van der Waals surface area contributed by atoms with Crippen molar-refractivity contribution in [2.75, 3.05) is 6.54 Å². The molecule has 1 fully saturated rings. The maximum atomic E-state index is 11.6. The van der Waals surface area contributed by atoms with Gasteiger partial charge < -0.3 is 10.0 Å². The molecule has 1 saturated heterocycles. The molecule has 0 aromatic carbocycles. The number of hydrogen-bond acceptors (Lipinski definition) is 3. The van der Waals surface area contributed by atoms with E-state index in [0.29, 0.717) is 13.0 Å². The highest BCUT2D eigenvalue weighted by Crippen LogP contribution is 2.23. The van der Waals surface area contributed by atoms with Crippen LogP contribution >= 0.6 is 12.6 Å². The Morgan fingerprint density at radius 2 is 2.33 bits per heavy atom. The molecule has 15 heavy (non-hydrogen) atoms. The van der Waals surface area contributed by atoms with Crippen LogP contribution in [-0.2, 0) is 9.59 Å². The summed E-state index contributed by atoms with van der Waals surface area (Å²) < 4.78 is 0. The summed E-state index contributed by atoms with van der Waals surface area (Å²) in [5, 5.41) is 9.10. The molecule has 5 heteroatoms. The first-order chi connectivity index (χ1) is 6.97. The number of rotatable bonds is 4. The second kappa shape index (κ2) is 4.88. The van der Waals surface area contributed by atoms with Gasteiger partial charge in [-0.25, -0.2) is 4.79 Å². The van der Waals surface area contributed by atoms with Crippen LogP contribution in [0.4, 0.5) is 0 Å². The molecule has 1 heterocycles. The minimum absolute atomic E-state index is 0.0231. The van der Waals surface area contributed by atoms with Crippen LogP contribution in [0, 0.1) is 5.92 Å². The van der Waals surface area contributed by atoms with Crippen molar-refractivity contribution in [3.05, 3.63) is 0 Å². The number of thiol groups is 1. The summed E-state index contributed by atoms with van der Waals surface area (Å²) in [5.74, 6) is -1.03. The average Bonchev–Trinajstić information content (AvgIpc) is 2.45. The Morgan fingerprint density at radius 3 is 2.67 bits per heavy atom. The van der Waals surface area contributed by atoms with Crippen molar-refractivity contribution in [3.63, 3.8) is 0 Å². The number of carboxylic acid groups (broad SMARTS) is 1. The number of hydrogen-bond donors (Lipinski definition) is 2. The molecular weight excluding hydrogens is 214 g/mol. The van der Waals surface area contributed by atoms with Gasteiger partial charge in [-0.1, -0.05) is 20.3 Å². The molecule has 0 aromatic rings. The third kappa shape index (κ3) is 2.65. The maximum Gasteiger partial charge on any atom is 0.326 e. The first kappa shape index (κ1) is 12.4. The summed E-state index contributed by atoms with van der Waals surface area (Å²) >= 11 is 4.22. The van der Waals surface area contributed by atoms with Gasteiger partial charge in [0.1, 0.15) is 6.04 Å². The van der Waals surface area contributed by atoms with Crippen LogP contribution in [0.25, 0.3) is 0 Å². The summed E-state index contributed by atoms with van der Waals surface area (Å²) in [5.41, 5.74) is 0.